The number of hydrogen-bond donors (Lipinski definition) is 0. The van der Waals surface area contributed by atoms with E-state index in [2.05, 4.69) is 45.9 Å². The second kappa shape index (κ2) is 3.92. The maximum absolute atomic E-state index is 4.19. The van der Waals surface area contributed by atoms with Crippen LogP contribution >= 0.6 is 0 Å². The average molecular weight is 200 g/mol. The van der Waals surface area contributed by atoms with Gasteiger partial charge < -0.3 is 0 Å². The Morgan fingerprint density at radius 3 is 1.25 bits per heavy atom. The molecule has 0 unspecified atom stereocenters. The van der Waals surface area contributed by atoms with Gasteiger partial charge in [-0.15, -0.1) is 6.58 Å². The third kappa shape index (κ3) is 8.27. The highest BCUT2D eigenvalue weighted by atomic mass is 28.3. The highest BCUT2D eigenvalue weighted by Gasteiger charge is 2.19. The highest BCUT2D eigenvalue weighted by Crippen LogP contribution is 2.23. The molecule has 0 nitrogen and oxygen atoms in total. The van der Waals surface area contributed by atoms with Crippen LogP contribution < -0.4 is 0 Å². The lowest BCUT2D eigenvalue weighted by atomic mass is 10.4. The predicted octanol–water partition coefficient (Wildman–Crippen LogP) is 4.22. The lowest BCUT2D eigenvalue weighted by Gasteiger charge is -2.22. The van der Waals surface area contributed by atoms with Crippen LogP contribution in [0, 0.1) is 0 Å². The molecule has 0 aromatic heterocycles. The van der Waals surface area contributed by atoms with Crippen LogP contribution in [0.25, 0.3) is 0 Å². The first kappa shape index (κ1) is 12.2. The van der Waals surface area contributed by atoms with Gasteiger partial charge in [-0.2, -0.15) is 0 Å². The third-order valence-electron chi connectivity index (χ3n) is 1.56. The van der Waals surface area contributed by atoms with Gasteiger partial charge in [0.15, 0.2) is 0 Å². The van der Waals surface area contributed by atoms with E-state index in [0.717, 1.165) is 0 Å². The van der Waals surface area contributed by atoms with Gasteiger partial charge in [-0.25, -0.2) is 0 Å². The zero-order valence-electron chi connectivity index (χ0n) is 9.62. The van der Waals surface area contributed by atoms with E-state index in [-0.39, 0.29) is 0 Å². The van der Waals surface area contributed by atoms with Gasteiger partial charge in [0, 0.05) is 16.1 Å². The zero-order chi connectivity index (χ0) is 9.99. The van der Waals surface area contributed by atoms with Crippen LogP contribution in [0.1, 0.15) is 0 Å². The van der Waals surface area contributed by atoms with Crippen LogP contribution in [0.4, 0.5) is 0 Å². The Hall–Kier alpha value is 0.174. The largest absolute Gasteiger partial charge is 0.100 e. The third-order valence-corrected chi connectivity index (χ3v) is 4.68. The van der Waals surface area contributed by atoms with Gasteiger partial charge in [-0.1, -0.05) is 44.9 Å². The standard InChI is InChI=1S/C10H24Si2/c1-10(8-11(2,3)4)9-12(5,6)7/h1,8-9H2,2-7H3. The molecule has 0 atom stereocenters. The predicted molar refractivity (Wildman–Crippen MR) is 65.4 cm³/mol. The molecule has 0 aliphatic rings. The molecule has 0 amide bonds. The van der Waals surface area contributed by atoms with E-state index in [1.807, 2.05) is 0 Å². The summed E-state index contributed by atoms with van der Waals surface area (Å²) in [4.78, 5) is 0. The summed E-state index contributed by atoms with van der Waals surface area (Å²) in [6.45, 7) is 18.7. The summed E-state index contributed by atoms with van der Waals surface area (Å²) < 4.78 is 0. The van der Waals surface area contributed by atoms with E-state index < -0.39 is 16.1 Å². The topological polar surface area (TPSA) is 0 Å². The van der Waals surface area contributed by atoms with Crippen LogP contribution in [0.3, 0.4) is 0 Å². The van der Waals surface area contributed by atoms with E-state index >= 15 is 0 Å². The first-order valence-electron chi connectivity index (χ1n) is 4.77. The molecule has 0 fully saturated rings. The second-order valence-electron chi connectivity index (χ2n) is 6.22. The lowest BCUT2D eigenvalue weighted by molar-refractivity contribution is 1.28. The van der Waals surface area contributed by atoms with Gasteiger partial charge in [0.1, 0.15) is 0 Å². The van der Waals surface area contributed by atoms with E-state index in [1.165, 1.54) is 17.7 Å². The Bertz CT molecular complexity index is 140. The lowest BCUT2D eigenvalue weighted by Crippen LogP contribution is -2.24. The maximum Gasteiger partial charge on any atom is 0.0482 e. The molecule has 0 rings (SSSR count). The van der Waals surface area contributed by atoms with Crippen molar-refractivity contribution >= 4 is 16.1 Å². The summed E-state index contributed by atoms with van der Waals surface area (Å²) in [6, 6.07) is 2.63. The quantitative estimate of drug-likeness (QED) is 0.471. The summed E-state index contributed by atoms with van der Waals surface area (Å²) in [7, 11) is -1.79. The van der Waals surface area contributed by atoms with Crippen molar-refractivity contribution < 1.29 is 0 Å². The second-order valence-corrected chi connectivity index (χ2v) is 17.2. The summed E-state index contributed by atoms with van der Waals surface area (Å²) in [5, 5.41) is 0. The van der Waals surface area contributed by atoms with Gasteiger partial charge in [-0.3, -0.25) is 0 Å². The first-order chi connectivity index (χ1) is 5.10. The molecule has 0 radical (unpaired) electrons. The van der Waals surface area contributed by atoms with Gasteiger partial charge in [0.2, 0.25) is 0 Å². The molecule has 0 heterocycles. The Morgan fingerprint density at radius 2 is 1.08 bits per heavy atom. The molecule has 12 heavy (non-hydrogen) atoms. The average Bonchev–Trinajstić information content (AvgIpc) is 1.49. The van der Waals surface area contributed by atoms with Crippen molar-refractivity contribution in [2.24, 2.45) is 0 Å². The van der Waals surface area contributed by atoms with Gasteiger partial charge >= 0.3 is 0 Å². The first-order valence-corrected chi connectivity index (χ1v) is 12.2. The van der Waals surface area contributed by atoms with Crippen LogP contribution in [0.15, 0.2) is 12.2 Å². The summed E-state index contributed by atoms with van der Waals surface area (Å²) >= 11 is 0. The van der Waals surface area contributed by atoms with E-state index in [1.54, 1.807) is 0 Å². The molecule has 0 saturated carbocycles. The van der Waals surface area contributed by atoms with Crippen molar-refractivity contribution in [1.82, 2.24) is 0 Å². The van der Waals surface area contributed by atoms with Crippen LogP contribution in [-0.4, -0.2) is 16.1 Å². The molecular weight excluding hydrogens is 176 g/mol. The molecule has 2 heteroatoms. The fraction of sp³-hybridized carbons (Fsp3) is 0.800. The fourth-order valence-electron chi connectivity index (χ4n) is 1.56. The van der Waals surface area contributed by atoms with Gasteiger partial charge in [0.25, 0.3) is 0 Å². The van der Waals surface area contributed by atoms with Gasteiger partial charge in [0.05, 0.1) is 0 Å². The number of allylic oxidation sites excluding steroid dienone is 1. The van der Waals surface area contributed by atoms with Gasteiger partial charge in [-0.05, 0) is 12.1 Å². The normalized spacial score (nSPS) is 13.2. The smallest absolute Gasteiger partial charge is 0.0482 e. The molecule has 0 aromatic rings. The Morgan fingerprint density at radius 1 is 0.833 bits per heavy atom. The Labute approximate surface area is 80.1 Å². The van der Waals surface area contributed by atoms with Crippen molar-refractivity contribution in [2.75, 3.05) is 0 Å². The fourth-order valence-corrected chi connectivity index (χ4v) is 5.06. The van der Waals surface area contributed by atoms with Crippen LogP contribution in [-0.2, 0) is 0 Å². The minimum atomic E-state index is -0.897. The van der Waals surface area contributed by atoms with Crippen molar-refractivity contribution in [3.63, 3.8) is 0 Å². The zero-order valence-corrected chi connectivity index (χ0v) is 11.6. The molecule has 0 spiro atoms. The molecule has 0 N–H and O–H groups in total. The highest BCUT2D eigenvalue weighted by molar-refractivity contribution is 6.78. The van der Waals surface area contributed by atoms with E-state index in [0.29, 0.717) is 0 Å². The monoisotopic (exact) mass is 200 g/mol. The Kier molecular flexibility index (Phi) is 3.98. The van der Waals surface area contributed by atoms with Crippen molar-refractivity contribution in [3.8, 4) is 0 Å². The van der Waals surface area contributed by atoms with Crippen molar-refractivity contribution in [2.45, 2.75) is 51.4 Å². The molecule has 0 saturated heterocycles. The van der Waals surface area contributed by atoms with Crippen LogP contribution in [0.5, 0.6) is 0 Å². The van der Waals surface area contributed by atoms with E-state index in [4.69, 9.17) is 0 Å². The molecular formula is C10H24Si2. The minimum Gasteiger partial charge on any atom is -0.100 e. The van der Waals surface area contributed by atoms with Crippen molar-refractivity contribution in [1.29, 1.82) is 0 Å². The van der Waals surface area contributed by atoms with Crippen LogP contribution in [0.2, 0.25) is 51.4 Å². The molecule has 72 valence electrons. The number of hydrogen-bond acceptors (Lipinski definition) is 0. The summed E-state index contributed by atoms with van der Waals surface area (Å²) in [6.07, 6.45) is 0. The maximum atomic E-state index is 4.19. The Balaban J connectivity index is 3.92. The number of rotatable bonds is 4. The van der Waals surface area contributed by atoms with E-state index in [9.17, 15) is 0 Å². The molecule has 0 aliphatic heterocycles. The summed E-state index contributed by atoms with van der Waals surface area (Å²) in [5.74, 6) is 0. The SMILES string of the molecule is C=C(C[Si](C)(C)C)C[Si](C)(C)C. The summed E-state index contributed by atoms with van der Waals surface area (Å²) in [5.41, 5.74) is 1.51. The molecule has 0 aliphatic carbocycles. The molecule has 0 aromatic carbocycles. The minimum absolute atomic E-state index is 0.897. The van der Waals surface area contributed by atoms with Crippen molar-refractivity contribution in [3.05, 3.63) is 12.2 Å². The molecule has 0 bridgehead atoms.